The highest BCUT2D eigenvalue weighted by molar-refractivity contribution is 5.65. The Balaban J connectivity index is 0.000000865. The van der Waals surface area contributed by atoms with Crippen molar-refractivity contribution in [2.24, 2.45) is 0 Å². The Morgan fingerprint density at radius 1 is 0.968 bits per heavy atom. The van der Waals surface area contributed by atoms with Crippen molar-refractivity contribution in [1.29, 1.82) is 0 Å². The van der Waals surface area contributed by atoms with Gasteiger partial charge in [-0.25, -0.2) is 9.07 Å². The van der Waals surface area contributed by atoms with Gasteiger partial charge in [-0.15, -0.1) is 0 Å². The first-order chi connectivity index (χ1) is 15.1. The van der Waals surface area contributed by atoms with Gasteiger partial charge in [0.1, 0.15) is 6.29 Å². The van der Waals surface area contributed by atoms with Gasteiger partial charge in [0.25, 0.3) is 0 Å². The normalized spacial score (nSPS) is 9.77. The molecular weight excluding hydrogens is 387 g/mol. The molecule has 0 N–H and O–H groups in total. The summed E-state index contributed by atoms with van der Waals surface area (Å²) in [7, 11) is 0. The van der Waals surface area contributed by atoms with Gasteiger partial charge in [-0.3, -0.25) is 0 Å². The molecule has 0 bridgehead atoms. The third-order valence-corrected chi connectivity index (χ3v) is 3.86. The predicted octanol–water partition coefficient (Wildman–Crippen LogP) is 7.99. The van der Waals surface area contributed by atoms with E-state index >= 15 is 0 Å². The van der Waals surface area contributed by atoms with Crippen molar-refractivity contribution in [2.75, 3.05) is 0 Å². The fourth-order valence-corrected chi connectivity index (χ4v) is 2.50. The Morgan fingerprint density at radius 3 is 1.97 bits per heavy atom. The first-order valence-corrected chi connectivity index (χ1v) is 10.6. The van der Waals surface area contributed by atoms with E-state index in [0.717, 1.165) is 24.1 Å². The highest BCUT2D eigenvalue weighted by atomic mass is 19.1. The number of aldehydes is 1. The van der Waals surface area contributed by atoms with Gasteiger partial charge < -0.3 is 4.79 Å². The molecule has 31 heavy (non-hydrogen) atoms. The monoisotopic (exact) mass is 422 g/mol. The lowest BCUT2D eigenvalue weighted by molar-refractivity contribution is -0.106. The summed E-state index contributed by atoms with van der Waals surface area (Å²) in [5.74, 6) is 0. The van der Waals surface area contributed by atoms with Crippen LogP contribution >= 0.6 is 0 Å². The van der Waals surface area contributed by atoms with E-state index in [2.05, 4.69) is 79.6 Å². The maximum Gasteiger partial charge on any atom is 0.116 e. The van der Waals surface area contributed by atoms with E-state index in [-0.39, 0.29) is 0 Å². The SMILES string of the molecule is C/C=C/F.CC.CC/C=C/c1c(C)cnn1-c1ccc(-c2ccccc2)cc1.CC=O. The first kappa shape index (κ1) is 27.7. The van der Waals surface area contributed by atoms with Crippen LogP contribution in [0.3, 0.4) is 0 Å². The van der Waals surface area contributed by atoms with Crippen molar-refractivity contribution in [3.8, 4) is 16.8 Å². The number of carbonyl (C=O) groups is 1. The van der Waals surface area contributed by atoms with Crippen molar-refractivity contribution in [3.05, 3.63) is 90.5 Å². The summed E-state index contributed by atoms with van der Waals surface area (Å²) in [6.45, 7) is 11.3. The zero-order valence-electron chi connectivity index (χ0n) is 19.5. The number of benzene rings is 2. The Bertz CT molecular complexity index is 891. The van der Waals surface area contributed by atoms with E-state index in [1.54, 1.807) is 6.92 Å². The quantitative estimate of drug-likeness (QED) is 0.399. The van der Waals surface area contributed by atoms with Gasteiger partial charge in [0, 0.05) is 0 Å². The van der Waals surface area contributed by atoms with Crippen LogP contribution in [0.2, 0.25) is 0 Å². The molecule has 1 heterocycles. The highest BCUT2D eigenvalue weighted by Crippen LogP contribution is 2.22. The molecule has 0 aliphatic rings. The van der Waals surface area contributed by atoms with Gasteiger partial charge in [0.2, 0.25) is 0 Å². The zero-order valence-corrected chi connectivity index (χ0v) is 19.5. The molecule has 0 fully saturated rings. The molecule has 0 radical (unpaired) electrons. The summed E-state index contributed by atoms with van der Waals surface area (Å²) < 4.78 is 12.5. The van der Waals surface area contributed by atoms with Crippen LogP contribution in [-0.2, 0) is 4.79 Å². The lowest BCUT2D eigenvalue weighted by atomic mass is 10.1. The maximum atomic E-state index is 10.5. The van der Waals surface area contributed by atoms with E-state index in [1.165, 1.54) is 29.7 Å². The molecule has 0 saturated carbocycles. The summed E-state index contributed by atoms with van der Waals surface area (Å²) >= 11 is 0. The number of aryl methyl sites for hydroxylation is 1. The molecule has 4 heteroatoms. The Labute approximate surface area is 186 Å². The predicted molar refractivity (Wildman–Crippen MR) is 132 cm³/mol. The van der Waals surface area contributed by atoms with Crippen LogP contribution in [0, 0.1) is 6.92 Å². The minimum Gasteiger partial charge on any atom is -0.304 e. The van der Waals surface area contributed by atoms with Crippen molar-refractivity contribution < 1.29 is 9.18 Å². The second-order valence-corrected chi connectivity index (χ2v) is 6.04. The van der Waals surface area contributed by atoms with Gasteiger partial charge >= 0.3 is 0 Å². The van der Waals surface area contributed by atoms with E-state index < -0.39 is 0 Å². The van der Waals surface area contributed by atoms with Crippen molar-refractivity contribution in [3.63, 3.8) is 0 Å². The minimum atomic E-state index is 0.500. The number of rotatable bonds is 4. The third-order valence-electron chi connectivity index (χ3n) is 3.86. The summed E-state index contributed by atoms with van der Waals surface area (Å²) in [5, 5.41) is 4.51. The van der Waals surface area contributed by atoms with E-state index in [4.69, 9.17) is 4.79 Å². The van der Waals surface area contributed by atoms with Crippen molar-refractivity contribution in [2.45, 2.75) is 48.0 Å². The van der Waals surface area contributed by atoms with Crippen molar-refractivity contribution in [1.82, 2.24) is 9.78 Å². The van der Waals surface area contributed by atoms with Crippen LogP contribution in [0.1, 0.15) is 52.3 Å². The van der Waals surface area contributed by atoms with Crippen LogP contribution in [0.4, 0.5) is 4.39 Å². The van der Waals surface area contributed by atoms with Gasteiger partial charge in [-0.2, -0.15) is 5.10 Å². The average molecular weight is 423 g/mol. The largest absolute Gasteiger partial charge is 0.304 e. The zero-order chi connectivity index (χ0) is 23.5. The van der Waals surface area contributed by atoms with Crippen LogP contribution in [0.25, 0.3) is 22.9 Å². The van der Waals surface area contributed by atoms with Crippen LogP contribution in [0.5, 0.6) is 0 Å². The molecule has 3 aromatic rings. The number of hydrogen-bond donors (Lipinski definition) is 0. The molecule has 0 unspecified atom stereocenters. The molecule has 166 valence electrons. The maximum absolute atomic E-state index is 10.5. The van der Waals surface area contributed by atoms with Crippen LogP contribution in [0.15, 0.2) is 79.3 Å². The highest BCUT2D eigenvalue weighted by Gasteiger charge is 2.06. The second-order valence-electron chi connectivity index (χ2n) is 6.04. The number of aromatic nitrogens is 2. The summed E-state index contributed by atoms with van der Waals surface area (Å²) in [6, 6.07) is 19.0. The Kier molecular flexibility index (Phi) is 15.7. The summed E-state index contributed by atoms with van der Waals surface area (Å²) in [5.41, 5.74) is 5.88. The average Bonchev–Trinajstić information content (AvgIpc) is 3.20. The number of nitrogens with zero attached hydrogens (tertiary/aromatic N) is 2. The molecular formula is C27H35FN2O. The molecule has 0 aliphatic carbocycles. The number of hydrogen-bond acceptors (Lipinski definition) is 2. The van der Waals surface area contributed by atoms with Crippen molar-refractivity contribution >= 4 is 12.4 Å². The molecule has 3 nitrogen and oxygen atoms in total. The molecule has 1 aromatic heterocycles. The number of allylic oxidation sites excluding steroid dienone is 2. The fourth-order valence-electron chi connectivity index (χ4n) is 2.50. The van der Waals surface area contributed by atoms with E-state index in [9.17, 15) is 4.39 Å². The Hall–Kier alpha value is -3.27. The summed E-state index contributed by atoms with van der Waals surface area (Å²) in [4.78, 5) is 8.81. The number of carbonyl (C=O) groups excluding carboxylic acids is 1. The second kappa shape index (κ2) is 17.6. The molecule has 0 amide bonds. The van der Waals surface area contributed by atoms with Crippen LogP contribution < -0.4 is 0 Å². The third kappa shape index (κ3) is 9.85. The van der Waals surface area contributed by atoms with Gasteiger partial charge in [0.05, 0.1) is 23.9 Å². The molecule has 0 spiro atoms. The lowest BCUT2D eigenvalue weighted by Gasteiger charge is -2.07. The van der Waals surface area contributed by atoms with Crippen LogP contribution in [-0.4, -0.2) is 16.1 Å². The molecule has 0 aliphatic heterocycles. The summed E-state index contributed by atoms with van der Waals surface area (Å²) in [6.07, 6.45) is 9.84. The standard InChI is InChI=1S/C20H20N2.C3H5F.C2H4O.C2H6/c1-3-4-10-20-16(2)15-21-22(20)19-13-11-18(12-14-19)17-8-6-5-7-9-17;1-2-3-4;1-2-3;1-2/h4-15H,3H2,1-2H3;2-3H,1H3;2H,1H3;1-2H3/b10-4+;3-2+;;. The Morgan fingerprint density at radius 2 is 1.48 bits per heavy atom. The van der Waals surface area contributed by atoms with Gasteiger partial charge in [0.15, 0.2) is 0 Å². The van der Waals surface area contributed by atoms with Gasteiger partial charge in [-0.1, -0.05) is 75.4 Å². The minimum absolute atomic E-state index is 0.500. The number of halogens is 1. The van der Waals surface area contributed by atoms with E-state index in [0.29, 0.717) is 6.33 Å². The first-order valence-electron chi connectivity index (χ1n) is 10.6. The van der Waals surface area contributed by atoms with Gasteiger partial charge in [-0.05, 0) is 62.1 Å². The molecule has 0 atom stereocenters. The smallest absolute Gasteiger partial charge is 0.116 e. The lowest BCUT2D eigenvalue weighted by Crippen LogP contribution is -1.99. The topological polar surface area (TPSA) is 34.9 Å². The molecule has 0 saturated heterocycles. The molecule has 2 aromatic carbocycles. The van der Waals surface area contributed by atoms with E-state index in [1.807, 2.05) is 30.8 Å². The molecule has 3 rings (SSSR count). The fraction of sp³-hybridized carbons (Fsp3) is 0.259.